The molecule has 6 heteroatoms. The number of piperidine rings is 1. The summed E-state index contributed by atoms with van der Waals surface area (Å²) in [6.45, 7) is 5.32. The molecule has 0 radical (unpaired) electrons. The lowest BCUT2D eigenvalue weighted by molar-refractivity contribution is 0.0593. The highest BCUT2D eigenvalue weighted by atomic mass is 16.3. The number of aryl methyl sites for hydroxylation is 2. The number of rotatable bonds is 3. The molecular formula is C17H20N4O2. The van der Waals surface area contributed by atoms with Crippen LogP contribution in [0.15, 0.2) is 22.9 Å². The molecule has 23 heavy (non-hydrogen) atoms. The first-order valence-corrected chi connectivity index (χ1v) is 7.98. The maximum Gasteiger partial charge on any atom is 0.258 e. The van der Waals surface area contributed by atoms with E-state index in [9.17, 15) is 4.79 Å². The van der Waals surface area contributed by atoms with E-state index in [-0.39, 0.29) is 17.7 Å². The number of furan rings is 1. The number of carbonyl (C=O) groups excluding carboxylic acids is 1. The highest BCUT2D eigenvalue weighted by molar-refractivity contribution is 5.95. The van der Waals surface area contributed by atoms with E-state index < -0.39 is 0 Å². The molecule has 1 amide bonds. The zero-order chi connectivity index (χ0) is 16.4. The predicted octanol–water partition coefficient (Wildman–Crippen LogP) is 3.04. The molecule has 0 aromatic carbocycles. The molecular weight excluding hydrogens is 292 g/mol. The van der Waals surface area contributed by atoms with E-state index in [1.165, 1.54) is 6.07 Å². The Balaban J connectivity index is 1.93. The minimum absolute atomic E-state index is 0.0222. The summed E-state index contributed by atoms with van der Waals surface area (Å²) in [5, 5.41) is 8.96. The number of hydrogen-bond acceptors (Lipinski definition) is 4. The standard InChI is InChI=1S/C17H20N4O2/c1-3-20-9-7-19-16(20)15-6-4-5-8-21(15)17(22)14-10-13(11-18)23-12(14)2/h7,9-10,15H,3-6,8H2,1-2H3. The van der Waals surface area contributed by atoms with Crippen LogP contribution in [0.3, 0.4) is 0 Å². The van der Waals surface area contributed by atoms with Crippen molar-refractivity contribution in [1.82, 2.24) is 14.5 Å². The van der Waals surface area contributed by atoms with Crippen molar-refractivity contribution in [1.29, 1.82) is 5.26 Å². The quantitative estimate of drug-likeness (QED) is 0.873. The Bertz CT molecular complexity index is 753. The van der Waals surface area contributed by atoms with Crippen molar-refractivity contribution in [2.45, 2.75) is 45.7 Å². The van der Waals surface area contributed by atoms with E-state index in [0.717, 1.165) is 31.6 Å². The van der Waals surface area contributed by atoms with Crippen LogP contribution >= 0.6 is 0 Å². The van der Waals surface area contributed by atoms with E-state index in [4.69, 9.17) is 9.68 Å². The summed E-state index contributed by atoms with van der Waals surface area (Å²) in [6.07, 6.45) is 6.71. The second-order valence-corrected chi connectivity index (χ2v) is 5.77. The molecule has 2 aromatic rings. The average molecular weight is 312 g/mol. The number of imidazole rings is 1. The summed E-state index contributed by atoms with van der Waals surface area (Å²) in [5.74, 6) is 1.52. The van der Waals surface area contributed by atoms with E-state index in [2.05, 4.69) is 16.5 Å². The Morgan fingerprint density at radius 1 is 1.52 bits per heavy atom. The van der Waals surface area contributed by atoms with Crippen LogP contribution in [0.4, 0.5) is 0 Å². The van der Waals surface area contributed by atoms with Gasteiger partial charge in [0.2, 0.25) is 5.76 Å². The van der Waals surface area contributed by atoms with E-state index in [1.54, 1.807) is 13.1 Å². The van der Waals surface area contributed by atoms with Crippen LogP contribution in [0.25, 0.3) is 0 Å². The van der Waals surface area contributed by atoms with Gasteiger partial charge in [-0.25, -0.2) is 4.98 Å². The van der Waals surface area contributed by atoms with Crippen LogP contribution in [0.1, 0.15) is 59.9 Å². The Labute approximate surface area is 135 Å². The predicted molar refractivity (Wildman–Crippen MR) is 83.7 cm³/mol. The number of aromatic nitrogens is 2. The van der Waals surface area contributed by atoms with Crippen molar-refractivity contribution < 1.29 is 9.21 Å². The lowest BCUT2D eigenvalue weighted by Crippen LogP contribution is -2.39. The van der Waals surface area contributed by atoms with Gasteiger partial charge >= 0.3 is 0 Å². The van der Waals surface area contributed by atoms with Gasteiger partial charge in [-0.05, 0) is 33.1 Å². The van der Waals surface area contributed by atoms with Gasteiger partial charge in [0.1, 0.15) is 17.7 Å². The van der Waals surface area contributed by atoms with Gasteiger partial charge in [-0.15, -0.1) is 0 Å². The van der Waals surface area contributed by atoms with E-state index in [1.807, 2.05) is 17.2 Å². The van der Waals surface area contributed by atoms with Gasteiger partial charge in [-0.2, -0.15) is 5.26 Å². The number of likely N-dealkylation sites (tertiary alicyclic amines) is 1. The second kappa shape index (κ2) is 6.29. The molecule has 2 aromatic heterocycles. The molecule has 3 heterocycles. The van der Waals surface area contributed by atoms with Gasteiger partial charge in [-0.1, -0.05) is 0 Å². The summed E-state index contributed by atoms with van der Waals surface area (Å²) in [7, 11) is 0. The zero-order valence-electron chi connectivity index (χ0n) is 13.5. The van der Waals surface area contributed by atoms with Crippen molar-refractivity contribution in [2.75, 3.05) is 6.54 Å². The van der Waals surface area contributed by atoms with Gasteiger partial charge in [0.15, 0.2) is 0 Å². The number of nitrogens with zero attached hydrogens (tertiary/aromatic N) is 4. The third-order valence-electron chi connectivity index (χ3n) is 4.41. The van der Waals surface area contributed by atoms with Crippen LogP contribution < -0.4 is 0 Å². The fraction of sp³-hybridized carbons (Fsp3) is 0.471. The minimum Gasteiger partial charge on any atom is -0.450 e. The fourth-order valence-electron chi connectivity index (χ4n) is 3.23. The van der Waals surface area contributed by atoms with Crippen molar-refractivity contribution in [3.05, 3.63) is 41.4 Å². The van der Waals surface area contributed by atoms with Crippen molar-refractivity contribution in [3.63, 3.8) is 0 Å². The molecule has 0 spiro atoms. The number of carbonyl (C=O) groups is 1. The SMILES string of the molecule is CCn1ccnc1C1CCCCN1C(=O)c1cc(C#N)oc1C. The van der Waals surface area contributed by atoms with Crippen LogP contribution in [-0.2, 0) is 6.54 Å². The maximum atomic E-state index is 13.0. The molecule has 6 nitrogen and oxygen atoms in total. The Hall–Kier alpha value is -2.55. The lowest BCUT2D eigenvalue weighted by Gasteiger charge is -2.35. The van der Waals surface area contributed by atoms with Crippen LogP contribution in [0.5, 0.6) is 0 Å². The Morgan fingerprint density at radius 2 is 2.35 bits per heavy atom. The third-order valence-corrected chi connectivity index (χ3v) is 4.41. The number of hydrogen-bond donors (Lipinski definition) is 0. The second-order valence-electron chi connectivity index (χ2n) is 5.77. The monoisotopic (exact) mass is 312 g/mol. The van der Waals surface area contributed by atoms with Crippen LogP contribution in [0.2, 0.25) is 0 Å². The smallest absolute Gasteiger partial charge is 0.258 e. The molecule has 0 bridgehead atoms. The first kappa shape index (κ1) is 15.3. The number of nitriles is 1. The van der Waals surface area contributed by atoms with Crippen LogP contribution in [-0.4, -0.2) is 26.9 Å². The summed E-state index contributed by atoms with van der Waals surface area (Å²) >= 11 is 0. The molecule has 3 rings (SSSR count). The van der Waals surface area contributed by atoms with Crippen molar-refractivity contribution >= 4 is 5.91 Å². The molecule has 120 valence electrons. The van der Waals surface area contributed by atoms with Crippen LogP contribution in [0, 0.1) is 18.3 Å². The number of amides is 1. The van der Waals surface area contributed by atoms with Gasteiger partial charge in [0.05, 0.1) is 11.6 Å². The van der Waals surface area contributed by atoms with Gasteiger partial charge in [-0.3, -0.25) is 4.79 Å². The summed E-state index contributed by atoms with van der Waals surface area (Å²) in [6, 6.07) is 3.46. The molecule has 1 aliphatic rings. The van der Waals surface area contributed by atoms with Gasteiger partial charge < -0.3 is 13.9 Å². The minimum atomic E-state index is -0.0805. The maximum absolute atomic E-state index is 13.0. The third kappa shape index (κ3) is 2.74. The van der Waals surface area contributed by atoms with Gasteiger partial charge in [0.25, 0.3) is 5.91 Å². The molecule has 0 N–H and O–H groups in total. The first-order valence-electron chi connectivity index (χ1n) is 7.98. The molecule has 0 saturated carbocycles. The highest BCUT2D eigenvalue weighted by Crippen LogP contribution is 2.32. The largest absolute Gasteiger partial charge is 0.450 e. The van der Waals surface area contributed by atoms with Gasteiger partial charge in [0, 0.05) is 31.5 Å². The summed E-state index contributed by atoms with van der Waals surface area (Å²) in [5.41, 5.74) is 0.475. The zero-order valence-corrected chi connectivity index (χ0v) is 13.5. The average Bonchev–Trinajstić information content (AvgIpc) is 3.20. The molecule has 0 aliphatic carbocycles. The Kier molecular flexibility index (Phi) is 4.20. The fourth-order valence-corrected chi connectivity index (χ4v) is 3.23. The Morgan fingerprint density at radius 3 is 3.04 bits per heavy atom. The summed E-state index contributed by atoms with van der Waals surface area (Å²) < 4.78 is 7.40. The molecule has 1 saturated heterocycles. The van der Waals surface area contributed by atoms with E-state index in [0.29, 0.717) is 17.9 Å². The lowest BCUT2D eigenvalue weighted by atomic mass is 10.00. The normalized spacial score (nSPS) is 18.0. The molecule has 1 atom stereocenters. The van der Waals surface area contributed by atoms with Crippen molar-refractivity contribution in [2.24, 2.45) is 0 Å². The van der Waals surface area contributed by atoms with Crippen molar-refractivity contribution in [3.8, 4) is 6.07 Å². The topological polar surface area (TPSA) is 75.1 Å². The van der Waals surface area contributed by atoms with E-state index >= 15 is 0 Å². The first-order chi connectivity index (χ1) is 11.2. The highest BCUT2D eigenvalue weighted by Gasteiger charge is 2.32. The molecule has 1 unspecified atom stereocenters. The molecule has 1 aliphatic heterocycles. The summed E-state index contributed by atoms with van der Waals surface area (Å²) in [4.78, 5) is 19.3. The molecule has 1 fully saturated rings.